The highest BCUT2D eigenvalue weighted by Gasteiger charge is 2.26. The monoisotopic (exact) mass is 346 g/mol. The molecule has 0 heterocycles. The van der Waals surface area contributed by atoms with Crippen molar-refractivity contribution in [2.75, 3.05) is 20.1 Å². The normalized spacial score (nSPS) is 16.0. The Morgan fingerprint density at radius 1 is 1.42 bits per heavy atom. The molecule has 0 spiro atoms. The summed E-state index contributed by atoms with van der Waals surface area (Å²) >= 11 is 3.31. The standard InChI is InChI=1S/C13H19BrN2O2S/c1-10-3-4-11(14)9-13(10)19(17,18)15-7-8-16(2)12-5-6-12/h3-4,9,12,15H,5-8H2,1-2H3. The molecule has 0 atom stereocenters. The van der Waals surface area contributed by atoms with E-state index >= 15 is 0 Å². The average molecular weight is 347 g/mol. The van der Waals surface area contributed by atoms with Gasteiger partial charge in [0.2, 0.25) is 10.0 Å². The Labute approximate surface area is 123 Å². The number of aryl methyl sites for hydroxylation is 1. The lowest BCUT2D eigenvalue weighted by Gasteiger charge is -2.16. The van der Waals surface area contributed by atoms with Gasteiger partial charge < -0.3 is 4.90 Å². The molecule has 19 heavy (non-hydrogen) atoms. The van der Waals surface area contributed by atoms with Crippen LogP contribution in [0.25, 0.3) is 0 Å². The highest BCUT2D eigenvalue weighted by Crippen LogP contribution is 2.25. The number of halogens is 1. The summed E-state index contributed by atoms with van der Waals surface area (Å²) in [6.45, 7) is 3.00. The number of nitrogens with one attached hydrogen (secondary N) is 1. The molecule has 1 saturated carbocycles. The summed E-state index contributed by atoms with van der Waals surface area (Å²) in [4.78, 5) is 2.55. The van der Waals surface area contributed by atoms with Gasteiger partial charge in [0.25, 0.3) is 0 Å². The number of likely N-dealkylation sites (N-methyl/N-ethyl adjacent to an activating group) is 1. The van der Waals surface area contributed by atoms with E-state index in [1.165, 1.54) is 12.8 Å². The van der Waals surface area contributed by atoms with Crippen molar-refractivity contribution in [1.82, 2.24) is 9.62 Å². The Hall–Kier alpha value is -0.430. The second-order valence-corrected chi connectivity index (χ2v) is 7.67. The molecule has 1 aliphatic carbocycles. The summed E-state index contributed by atoms with van der Waals surface area (Å²) in [5.74, 6) is 0. The van der Waals surface area contributed by atoms with Crippen molar-refractivity contribution < 1.29 is 8.42 Å². The third-order valence-corrected chi connectivity index (χ3v) is 5.46. The smallest absolute Gasteiger partial charge is 0.240 e. The second kappa shape index (κ2) is 5.91. The molecule has 1 fully saturated rings. The molecule has 106 valence electrons. The third-order valence-electron chi connectivity index (χ3n) is 3.37. The van der Waals surface area contributed by atoms with Gasteiger partial charge in [0.15, 0.2) is 0 Å². The minimum absolute atomic E-state index is 0.343. The molecule has 0 saturated heterocycles. The fourth-order valence-corrected chi connectivity index (χ4v) is 3.80. The molecule has 0 amide bonds. The number of hydrogen-bond donors (Lipinski definition) is 1. The van der Waals surface area contributed by atoms with Gasteiger partial charge >= 0.3 is 0 Å². The molecule has 1 aromatic carbocycles. The van der Waals surface area contributed by atoms with Gasteiger partial charge in [0.1, 0.15) is 0 Å². The first-order valence-corrected chi connectivity index (χ1v) is 8.64. The van der Waals surface area contributed by atoms with E-state index in [1.807, 2.05) is 13.1 Å². The molecule has 0 aromatic heterocycles. The van der Waals surface area contributed by atoms with Crippen LogP contribution in [0.2, 0.25) is 0 Å². The molecule has 0 radical (unpaired) electrons. The van der Waals surface area contributed by atoms with Gasteiger partial charge in [-0.2, -0.15) is 0 Å². The molecule has 1 aliphatic rings. The molecular weight excluding hydrogens is 328 g/mol. The zero-order valence-corrected chi connectivity index (χ0v) is 13.6. The highest BCUT2D eigenvalue weighted by atomic mass is 79.9. The largest absolute Gasteiger partial charge is 0.302 e. The van der Waals surface area contributed by atoms with Crippen LogP contribution in [0.5, 0.6) is 0 Å². The van der Waals surface area contributed by atoms with E-state index in [-0.39, 0.29) is 0 Å². The molecule has 0 unspecified atom stereocenters. The minimum Gasteiger partial charge on any atom is -0.302 e. The molecule has 0 bridgehead atoms. The van der Waals surface area contributed by atoms with Gasteiger partial charge in [-0.3, -0.25) is 0 Å². The first-order valence-electron chi connectivity index (χ1n) is 6.36. The molecule has 4 nitrogen and oxygen atoms in total. The van der Waals surface area contributed by atoms with Gasteiger partial charge in [-0.05, 0) is 44.5 Å². The Morgan fingerprint density at radius 3 is 2.74 bits per heavy atom. The summed E-state index contributed by atoms with van der Waals surface area (Å²) in [6, 6.07) is 5.93. The van der Waals surface area contributed by atoms with Crippen LogP contribution in [0, 0.1) is 6.92 Å². The predicted octanol–water partition coefficient (Wildman–Crippen LogP) is 2.13. The fourth-order valence-electron chi connectivity index (χ4n) is 2.00. The third kappa shape index (κ3) is 4.02. The first kappa shape index (κ1) is 15.0. The zero-order chi connectivity index (χ0) is 14.0. The predicted molar refractivity (Wildman–Crippen MR) is 79.7 cm³/mol. The topological polar surface area (TPSA) is 49.4 Å². The van der Waals surface area contributed by atoms with Crippen LogP contribution in [-0.4, -0.2) is 39.5 Å². The van der Waals surface area contributed by atoms with E-state index in [2.05, 4.69) is 25.6 Å². The minimum atomic E-state index is -3.42. The van der Waals surface area contributed by atoms with E-state index in [9.17, 15) is 8.42 Å². The molecule has 0 aliphatic heterocycles. The van der Waals surface area contributed by atoms with Crippen molar-refractivity contribution >= 4 is 26.0 Å². The van der Waals surface area contributed by atoms with Crippen LogP contribution in [0.1, 0.15) is 18.4 Å². The Morgan fingerprint density at radius 2 is 2.11 bits per heavy atom. The van der Waals surface area contributed by atoms with Crippen LogP contribution < -0.4 is 4.72 Å². The van der Waals surface area contributed by atoms with Crippen LogP contribution in [-0.2, 0) is 10.0 Å². The van der Waals surface area contributed by atoms with Crippen molar-refractivity contribution in [3.8, 4) is 0 Å². The number of benzene rings is 1. The Balaban J connectivity index is 1.99. The molecular formula is C13H19BrN2O2S. The number of hydrogen-bond acceptors (Lipinski definition) is 3. The van der Waals surface area contributed by atoms with Crippen molar-refractivity contribution in [3.05, 3.63) is 28.2 Å². The summed E-state index contributed by atoms with van der Waals surface area (Å²) < 4.78 is 27.9. The molecule has 1 aromatic rings. The summed E-state index contributed by atoms with van der Waals surface area (Å²) in [5.41, 5.74) is 0.756. The summed E-state index contributed by atoms with van der Waals surface area (Å²) in [6.07, 6.45) is 2.46. The van der Waals surface area contributed by atoms with Crippen molar-refractivity contribution in [1.29, 1.82) is 0 Å². The van der Waals surface area contributed by atoms with E-state index < -0.39 is 10.0 Å². The SMILES string of the molecule is Cc1ccc(Br)cc1S(=O)(=O)NCCN(C)C1CC1. The van der Waals surface area contributed by atoms with Gasteiger partial charge in [-0.25, -0.2) is 13.1 Å². The van der Waals surface area contributed by atoms with Crippen molar-refractivity contribution in [2.24, 2.45) is 0 Å². The van der Waals surface area contributed by atoms with Crippen LogP contribution in [0.4, 0.5) is 0 Å². The van der Waals surface area contributed by atoms with Gasteiger partial charge in [0.05, 0.1) is 4.90 Å². The van der Waals surface area contributed by atoms with Gasteiger partial charge in [0, 0.05) is 23.6 Å². The maximum Gasteiger partial charge on any atom is 0.240 e. The summed E-state index contributed by atoms with van der Waals surface area (Å²) in [7, 11) is -1.38. The Kier molecular flexibility index (Phi) is 4.66. The first-order chi connectivity index (χ1) is 8.90. The molecule has 1 N–H and O–H groups in total. The van der Waals surface area contributed by atoms with Crippen LogP contribution >= 0.6 is 15.9 Å². The highest BCUT2D eigenvalue weighted by molar-refractivity contribution is 9.10. The van der Waals surface area contributed by atoms with E-state index in [4.69, 9.17) is 0 Å². The molecule has 6 heteroatoms. The average Bonchev–Trinajstić information content (AvgIpc) is 3.15. The van der Waals surface area contributed by atoms with Gasteiger partial charge in [-0.1, -0.05) is 22.0 Å². The number of sulfonamides is 1. The maximum atomic E-state index is 12.2. The second-order valence-electron chi connectivity index (χ2n) is 5.02. The van der Waals surface area contributed by atoms with E-state index in [1.54, 1.807) is 19.1 Å². The van der Waals surface area contributed by atoms with Crippen LogP contribution in [0.3, 0.4) is 0 Å². The quantitative estimate of drug-likeness (QED) is 0.858. The maximum absolute atomic E-state index is 12.2. The van der Waals surface area contributed by atoms with Crippen LogP contribution in [0.15, 0.2) is 27.6 Å². The Bertz CT molecular complexity index is 556. The number of rotatable bonds is 6. The lowest BCUT2D eigenvalue weighted by molar-refractivity contribution is 0.329. The van der Waals surface area contributed by atoms with Gasteiger partial charge in [-0.15, -0.1) is 0 Å². The molecule has 2 rings (SSSR count). The van der Waals surface area contributed by atoms with E-state index in [0.717, 1.165) is 16.6 Å². The number of nitrogens with zero attached hydrogens (tertiary/aromatic N) is 1. The fraction of sp³-hybridized carbons (Fsp3) is 0.538. The van der Waals surface area contributed by atoms with Crippen molar-refractivity contribution in [2.45, 2.75) is 30.7 Å². The summed E-state index contributed by atoms with van der Waals surface area (Å²) in [5, 5.41) is 0. The van der Waals surface area contributed by atoms with Crippen molar-refractivity contribution in [3.63, 3.8) is 0 Å². The zero-order valence-electron chi connectivity index (χ0n) is 11.2. The lowest BCUT2D eigenvalue weighted by atomic mass is 10.2. The van der Waals surface area contributed by atoms with E-state index in [0.29, 0.717) is 17.5 Å². The lowest BCUT2D eigenvalue weighted by Crippen LogP contribution is -2.34.